The van der Waals surface area contributed by atoms with E-state index in [1.807, 2.05) is 0 Å². The van der Waals surface area contributed by atoms with Crippen molar-refractivity contribution < 1.29 is 59.6 Å². The van der Waals surface area contributed by atoms with Crippen LogP contribution >= 0.6 is 0 Å². The van der Waals surface area contributed by atoms with Crippen molar-refractivity contribution in [2.45, 2.75) is 37.6 Å². The molecule has 1 aromatic heterocycles. The van der Waals surface area contributed by atoms with Crippen LogP contribution in [0.3, 0.4) is 0 Å². The SMILES string of the molecule is Cc1cc(=O)oc2cc(O[C@@H]3O[C@@H](COC(=O)c4ccccc4)[C@@H](OS(=O)(=O)[O-])[C@@H](OC(=O)c4ccccc4)[C@@H]3OC(=O)c3ccccc3)ccc12. The lowest BCUT2D eigenvalue weighted by Crippen LogP contribution is -2.63. The molecule has 0 spiro atoms. The molecular weight excluding hydrogens is 700 g/mol. The van der Waals surface area contributed by atoms with Gasteiger partial charge in [-0.15, -0.1) is 0 Å². The second-order valence-corrected chi connectivity index (χ2v) is 12.5. The Labute approximate surface area is 296 Å². The summed E-state index contributed by atoms with van der Waals surface area (Å²) in [4.78, 5) is 52.0. The number of esters is 3. The van der Waals surface area contributed by atoms with E-state index in [2.05, 4.69) is 0 Å². The van der Waals surface area contributed by atoms with Crippen LogP contribution < -0.4 is 10.4 Å². The van der Waals surface area contributed by atoms with Crippen molar-refractivity contribution in [3.8, 4) is 5.75 Å². The summed E-state index contributed by atoms with van der Waals surface area (Å²) >= 11 is 0. The topological polar surface area (TPSA) is 194 Å². The molecular formula is C37H29O14S-. The molecule has 0 aliphatic carbocycles. The van der Waals surface area contributed by atoms with Gasteiger partial charge in [-0.3, -0.25) is 4.18 Å². The van der Waals surface area contributed by atoms with E-state index < -0.39 is 71.2 Å². The van der Waals surface area contributed by atoms with Gasteiger partial charge in [0.05, 0.1) is 16.7 Å². The van der Waals surface area contributed by atoms with Gasteiger partial charge in [0, 0.05) is 17.5 Å². The maximum Gasteiger partial charge on any atom is 0.338 e. The maximum atomic E-state index is 13.5. The number of rotatable bonds is 11. The smallest absolute Gasteiger partial charge is 0.338 e. The van der Waals surface area contributed by atoms with Crippen LogP contribution in [0.25, 0.3) is 11.0 Å². The summed E-state index contributed by atoms with van der Waals surface area (Å²) in [5.74, 6) is -2.83. The highest BCUT2D eigenvalue weighted by Crippen LogP contribution is 2.33. The summed E-state index contributed by atoms with van der Waals surface area (Å²) in [5.41, 5.74) is 0.316. The molecule has 1 fully saturated rings. The van der Waals surface area contributed by atoms with Gasteiger partial charge in [0.2, 0.25) is 22.8 Å². The van der Waals surface area contributed by atoms with Crippen molar-refractivity contribution in [3.05, 3.63) is 148 Å². The van der Waals surface area contributed by atoms with Gasteiger partial charge in [-0.2, -0.15) is 0 Å². The van der Waals surface area contributed by atoms with E-state index in [9.17, 15) is 32.1 Å². The maximum absolute atomic E-state index is 13.5. The summed E-state index contributed by atoms with van der Waals surface area (Å²) in [6.07, 6.45) is -9.21. The van der Waals surface area contributed by atoms with Crippen LogP contribution in [0.1, 0.15) is 36.6 Å². The molecule has 0 bridgehead atoms. The number of hydrogen-bond donors (Lipinski definition) is 0. The monoisotopic (exact) mass is 729 g/mol. The van der Waals surface area contributed by atoms with Gasteiger partial charge in [0.25, 0.3) is 0 Å². The van der Waals surface area contributed by atoms with Gasteiger partial charge in [0.15, 0.2) is 6.10 Å². The second kappa shape index (κ2) is 15.6. The predicted octanol–water partition coefficient (Wildman–Crippen LogP) is 4.36. The third-order valence-electron chi connectivity index (χ3n) is 7.89. The molecule has 268 valence electrons. The lowest BCUT2D eigenvalue weighted by Gasteiger charge is -2.44. The van der Waals surface area contributed by atoms with Gasteiger partial charge >= 0.3 is 23.5 Å². The highest BCUT2D eigenvalue weighted by molar-refractivity contribution is 7.80. The highest BCUT2D eigenvalue weighted by atomic mass is 32.3. The van der Waals surface area contributed by atoms with Crippen molar-refractivity contribution in [2.24, 2.45) is 0 Å². The first-order valence-electron chi connectivity index (χ1n) is 15.7. The Morgan fingerprint density at radius 2 is 1.25 bits per heavy atom. The molecule has 1 aliphatic heterocycles. The van der Waals surface area contributed by atoms with Gasteiger partial charge in [-0.05, 0) is 61.0 Å². The molecule has 52 heavy (non-hydrogen) atoms. The van der Waals surface area contributed by atoms with E-state index in [4.69, 9.17) is 32.3 Å². The first-order valence-corrected chi connectivity index (χ1v) is 17.0. The van der Waals surface area contributed by atoms with Gasteiger partial charge < -0.3 is 32.7 Å². The molecule has 0 amide bonds. The minimum atomic E-state index is -5.58. The van der Waals surface area contributed by atoms with Crippen LogP contribution in [0.5, 0.6) is 5.75 Å². The van der Waals surface area contributed by atoms with Crippen LogP contribution in [-0.2, 0) is 33.5 Å². The Kier molecular flexibility index (Phi) is 10.8. The third-order valence-corrected chi connectivity index (χ3v) is 8.35. The fourth-order valence-corrected chi connectivity index (χ4v) is 5.98. The number of benzene rings is 4. The van der Waals surface area contributed by atoms with Crippen molar-refractivity contribution >= 4 is 39.3 Å². The van der Waals surface area contributed by atoms with E-state index in [1.165, 1.54) is 54.6 Å². The zero-order chi connectivity index (χ0) is 36.8. The average molecular weight is 730 g/mol. The van der Waals surface area contributed by atoms with Gasteiger partial charge in [-0.25, -0.2) is 27.6 Å². The van der Waals surface area contributed by atoms with Crippen molar-refractivity contribution in [1.29, 1.82) is 0 Å². The fourth-order valence-electron chi connectivity index (χ4n) is 5.48. The first-order chi connectivity index (χ1) is 24.9. The molecule has 5 atom stereocenters. The highest BCUT2D eigenvalue weighted by Gasteiger charge is 2.54. The Morgan fingerprint density at radius 3 is 1.81 bits per heavy atom. The number of aryl methyl sites for hydroxylation is 1. The summed E-state index contributed by atoms with van der Waals surface area (Å²) in [6, 6.07) is 28.7. The normalized spacial score (nSPS) is 20.1. The molecule has 14 nitrogen and oxygen atoms in total. The fraction of sp³-hybridized carbons (Fsp3) is 0.189. The van der Waals surface area contributed by atoms with E-state index >= 15 is 0 Å². The molecule has 0 N–H and O–H groups in total. The summed E-state index contributed by atoms with van der Waals surface area (Å²) in [6.45, 7) is 0.957. The molecule has 0 unspecified atom stereocenters. The van der Waals surface area contributed by atoms with Crippen LogP contribution in [-0.4, -0.2) is 68.2 Å². The minimum absolute atomic E-state index is 0.00955. The zero-order valence-electron chi connectivity index (χ0n) is 27.2. The molecule has 2 heterocycles. The lowest BCUT2D eigenvalue weighted by atomic mass is 9.98. The van der Waals surface area contributed by atoms with E-state index in [0.717, 1.165) is 0 Å². The molecule has 15 heteroatoms. The van der Waals surface area contributed by atoms with E-state index in [-0.39, 0.29) is 28.0 Å². The Balaban J connectivity index is 1.43. The van der Waals surface area contributed by atoms with E-state index in [0.29, 0.717) is 10.9 Å². The molecule has 5 aromatic rings. The minimum Gasteiger partial charge on any atom is -0.726 e. The van der Waals surface area contributed by atoms with Gasteiger partial charge in [0.1, 0.15) is 30.1 Å². The van der Waals surface area contributed by atoms with Crippen molar-refractivity contribution in [2.75, 3.05) is 6.61 Å². The Hall–Kier alpha value is -5.87. The third kappa shape index (κ3) is 8.70. The lowest BCUT2D eigenvalue weighted by molar-refractivity contribution is -0.271. The second-order valence-electron chi connectivity index (χ2n) is 11.5. The summed E-state index contributed by atoms with van der Waals surface area (Å²) in [5, 5.41) is 0.582. The Bertz CT molecular complexity index is 2220. The van der Waals surface area contributed by atoms with Crippen LogP contribution in [0, 0.1) is 6.92 Å². The standard InChI is InChI=1S/C37H30O14S/c1-22-19-30(38)47-28-20-26(17-18-27(22)28)46-37-33(50-36(41)25-15-9-4-10-16-25)32(49-35(40)24-13-7-3-8-14-24)31(51-52(42,43)44)29(48-37)21-45-34(39)23-11-5-2-6-12-23/h2-20,29,31-33,37H,21H2,1H3,(H,42,43,44)/p-1/t29-,31+,32+,33-,37+/m0/s1. The molecule has 4 aromatic carbocycles. The number of carbonyl (C=O) groups excluding carboxylic acids is 3. The molecule has 0 saturated carbocycles. The quantitative estimate of drug-likeness (QED) is 0.0612. The van der Waals surface area contributed by atoms with Crippen LogP contribution in [0.2, 0.25) is 0 Å². The number of carbonyl (C=O) groups is 3. The van der Waals surface area contributed by atoms with Crippen LogP contribution in [0.15, 0.2) is 124 Å². The molecule has 6 rings (SSSR count). The van der Waals surface area contributed by atoms with E-state index in [1.54, 1.807) is 67.6 Å². The van der Waals surface area contributed by atoms with Crippen molar-refractivity contribution in [3.63, 3.8) is 0 Å². The first kappa shape index (κ1) is 35.9. The largest absolute Gasteiger partial charge is 0.726 e. The summed E-state index contributed by atoms with van der Waals surface area (Å²) < 4.78 is 75.9. The zero-order valence-corrected chi connectivity index (χ0v) is 28.0. The summed E-state index contributed by atoms with van der Waals surface area (Å²) in [7, 11) is -5.58. The van der Waals surface area contributed by atoms with Crippen molar-refractivity contribution in [1.82, 2.24) is 0 Å². The molecule has 1 saturated heterocycles. The number of fused-ring (bicyclic) bond motifs is 1. The molecule has 1 aliphatic rings. The van der Waals surface area contributed by atoms with Gasteiger partial charge in [-0.1, -0.05) is 54.6 Å². The Morgan fingerprint density at radius 1 is 0.712 bits per heavy atom. The number of hydrogen-bond acceptors (Lipinski definition) is 14. The predicted molar refractivity (Wildman–Crippen MR) is 179 cm³/mol. The molecule has 0 radical (unpaired) electrons. The number of ether oxygens (including phenoxy) is 5. The van der Waals surface area contributed by atoms with Crippen LogP contribution in [0.4, 0.5) is 0 Å². The average Bonchev–Trinajstić information content (AvgIpc) is 3.13.